The van der Waals surface area contributed by atoms with Crippen molar-refractivity contribution in [3.8, 4) is 0 Å². The number of hydrogen-bond acceptors (Lipinski definition) is 5. The van der Waals surface area contributed by atoms with Crippen molar-refractivity contribution in [1.82, 2.24) is 14.8 Å². The summed E-state index contributed by atoms with van der Waals surface area (Å²) in [5.41, 5.74) is 3.51. The Balaban J connectivity index is 1.47. The van der Waals surface area contributed by atoms with Gasteiger partial charge in [-0.1, -0.05) is 48.5 Å². The first-order valence-corrected chi connectivity index (χ1v) is 11.6. The van der Waals surface area contributed by atoms with E-state index in [4.69, 9.17) is 0 Å². The molecule has 36 heavy (non-hydrogen) atoms. The molecule has 6 rings (SSSR count). The molecule has 0 bridgehead atoms. The van der Waals surface area contributed by atoms with Gasteiger partial charge in [-0.25, -0.2) is 4.39 Å². The molecule has 1 unspecified atom stereocenters. The fourth-order valence-electron chi connectivity index (χ4n) is 5.45. The lowest BCUT2D eigenvalue weighted by Gasteiger charge is -2.47. The Morgan fingerprint density at radius 3 is 2.64 bits per heavy atom. The quantitative estimate of drug-likeness (QED) is 0.427. The third-order valence-electron chi connectivity index (χ3n) is 7.07. The number of nitrogens with one attached hydrogen (secondary N) is 1. The maximum absolute atomic E-state index is 14.3. The van der Waals surface area contributed by atoms with Gasteiger partial charge in [0.1, 0.15) is 18.4 Å². The van der Waals surface area contributed by atoms with Crippen LogP contribution in [-0.2, 0) is 22.6 Å². The molecule has 2 aliphatic heterocycles. The second kappa shape index (κ2) is 8.47. The van der Waals surface area contributed by atoms with Crippen LogP contribution in [0.1, 0.15) is 28.4 Å². The Morgan fingerprint density at radius 2 is 1.83 bits per heavy atom. The minimum atomic E-state index is -0.795. The van der Waals surface area contributed by atoms with E-state index >= 15 is 0 Å². The number of amides is 2. The standard InChI is InChI=1S/C27H22FN4O4/c28-21-10-3-1-6-17(21)14-30-15-24(33)31-23(27(30)34)13-20-19-9-2-4-11-22(19)29-25(20)26(31)16-7-5-8-18(12-16)32(35)36/h1-12,23,26,29,35H,13-15H2/q-1/t23-,26?/m0/s1. The SMILES string of the molecule is O=C1[C@@H]2Cc3c([nH]c4ccccc34)C(c3cccc(N([O-])O)c3)N2C(=O)CN1Cc1ccccc1F. The number of piperazine rings is 1. The van der Waals surface area contributed by atoms with Crippen LogP contribution in [0.5, 0.6) is 0 Å². The van der Waals surface area contributed by atoms with Crippen LogP contribution in [0, 0.1) is 11.0 Å². The summed E-state index contributed by atoms with van der Waals surface area (Å²) in [7, 11) is 0. The summed E-state index contributed by atoms with van der Waals surface area (Å²) in [6.45, 7) is -0.193. The third-order valence-corrected chi connectivity index (χ3v) is 7.07. The largest absolute Gasteiger partial charge is 0.733 e. The summed E-state index contributed by atoms with van der Waals surface area (Å²) in [6, 6.07) is 18.8. The minimum absolute atomic E-state index is 0.00185. The molecule has 0 saturated carbocycles. The maximum Gasteiger partial charge on any atom is 0.246 e. The average Bonchev–Trinajstić information content (AvgIpc) is 3.25. The number of hydrogen-bond donors (Lipinski definition) is 2. The summed E-state index contributed by atoms with van der Waals surface area (Å²) in [5.74, 6) is -0.968. The molecule has 1 saturated heterocycles. The van der Waals surface area contributed by atoms with E-state index in [0.29, 0.717) is 17.5 Å². The van der Waals surface area contributed by atoms with Gasteiger partial charge in [0.05, 0.1) is 11.7 Å². The minimum Gasteiger partial charge on any atom is -0.733 e. The molecule has 3 aromatic carbocycles. The van der Waals surface area contributed by atoms with Gasteiger partial charge in [0.15, 0.2) is 0 Å². The zero-order valence-corrected chi connectivity index (χ0v) is 19.1. The Labute approximate surface area is 205 Å². The molecule has 1 fully saturated rings. The highest BCUT2D eigenvalue weighted by Gasteiger charge is 2.48. The van der Waals surface area contributed by atoms with Gasteiger partial charge < -0.3 is 25.2 Å². The van der Waals surface area contributed by atoms with Crippen molar-refractivity contribution in [3.05, 3.63) is 106 Å². The Hall–Kier alpha value is -4.21. The fraction of sp³-hybridized carbons (Fsp3) is 0.185. The number of rotatable bonds is 4. The topological polar surface area (TPSA) is 103 Å². The molecule has 0 aliphatic carbocycles. The first kappa shape index (κ1) is 22.3. The van der Waals surface area contributed by atoms with Gasteiger partial charge in [0.2, 0.25) is 11.8 Å². The van der Waals surface area contributed by atoms with Crippen LogP contribution in [0.2, 0.25) is 0 Å². The Kier molecular flexibility index (Phi) is 5.24. The van der Waals surface area contributed by atoms with Crippen molar-refractivity contribution in [2.24, 2.45) is 0 Å². The molecule has 3 heterocycles. The van der Waals surface area contributed by atoms with E-state index in [1.54, 1.807) is 35.2 Å². The van der Waals surface area contributed by atoms with Crippen molar-refractivity contribution in [2.75, 3.05) is 11.8 Å². The van der Waals surface area contributed by atoms with Crippen molar-refractivity contribution in [1.29, 1.82) is 0 Å². The van der Waals surface area contributed by atoms with E-state index in [-0.39, 0.29) is 35.8 Å². The number of halogens is 1. The number of nitrogens with zero attached hydrogens (tertiary/aromatic N) is 3. The van der Waals surface area contributed by atoms with Gasteiger partial charge >= 0.3 is 0 Å². The van der Waals surface area contributed by atoms with Crippen LogP contribution in [0.25, 0.3) is 10.9 Å². The van der Waals surface area contributed by atoms with Gasteiger partial charge in [0, 0.05) is 35.1 Å². The lowest BCUT2D eigenvalue weighted by Crippen LogP contribution is -2.62. The zero-order valence-electron chi connectivity index (χ0n) is 19.1. The fourth-order valence-corrected chi connectivity index (χ4v) is 5.45. The van der Waals surface area contributed by atoms with E-state index in [0.717, 1.165) is 22.2 Å². The Bertz CT molecular complexity index is 1500. The van der Waals surface area contributed by atoms with Crippen LogP contribution in [0.4, 0.5) is 10.1 Å². The number of para-hydroxylation sites is 1. The average molecular weight is 485 g/mol. The number of fused-ring (bicyclic) bond motifs is 4. The number of aromatic amines is 1. The summed E-state index contributed by atoms with van der Waals surface area (Å²) >= 11 is 0. The third kappa shape index (κ3) is 3.52. The summed E-state index contributed by atoms with van der Waals surface area (Å²) in [4.78, 5) is 33.7. The maximum atomic E-state index is 14.3. The molecule has 0 spiro atoms. The van der Waals surface area contributed by atoms with Gasteiger partial charge in [-0.2, -0.15) is 0 Å². The molecule has 9 heteroatoms. The first-order valence-electron chi connectivity index (χ1n) is 11.6. The predicted molar refractivity (Wildman–Crippen MR) is 130 cm³/mol. The van der Waals surface area contributed by atoms with Crippen molar-refractivity contribution < 1.29 is 19.2 Å². The Morgan fingerprint density at radius 1 is 1.06 bits per heavy atom. The van der Waals surface area contributed by atoms with E-state index in [1.165, 1.54) is 23.1 Å². The molecule has 2 amide bonds. The summed E-state index contributed by atoms with van der Waals surface area (Å²) in [5, 5.41) is 21.8. The van der Waals surface area contributed by atoms with Crippen LogP contribution in [-0.4, -0.2) is 44.4 Å². The summed E-state index contributed by atoms with van der Waals surface area (Å²) < 4.78 is 14.3. The zero-order chi connectivity index (χ0) is 25.0. The molecular formula is C27H22FN4O4-. The number of carbonyl (C=O) groups excluding carboxylic acids is 2. The molecular weight excluding hydrogens is 463 g/mol. The molecule has 1 aromatic heterocycles. The molecule has 182 valence electrons. The second-order valence-corrected chi connectivity index (χ2v) is 9.14. The summed E-state index contributed by atoms with van der Waals surface area (Å²) in [6.07, 6.45) is 0.307. The second-order valence-electron chi connectivity index (χ2n) is 9.14. The van der Waals surface area contributed by atoms with Crippen LogP contribution in [0.3, 0.4) is 0 Å². The molecule has 0 radical (unpaired) electrons. The van der Waals surface area contributed by atoms with Gasteiger partial charge in [-0.3, -0.25) is 14.8 Å². The van der Waals surface area contributed by atoms with E-state index in [2.05, 4.69) is 4.98 Å². The molecule has 2 atom stereocenters. The molecule has 8 nitrogen and oxygen atoms in total. The van der Waals surface area contributed by atoms with Crippen LogP contribution >= 0.6 is 0 Å². The van der Waals surface area contributed by atoms with E-state index in [9.17, 15) is 24.4 Å². The lowest BCUT2D eigenvalue weighted by atomic mass is 9.86. The normalized spacial score (nSPS) is 19.4. The van der Waals surface area contributed by atoms with Gasteiger partial charge in [-0.15, -0.1) is 0 Å². The van der Waals surface area contributed by atoms with Crippen LogP contribution < -0.4 is 5.23 Å². The highest BCUT2D eigenvalue weighted by molar-refractivity contribution is 5.97. The van der Waals surface area contributed by atoms with E-state index in [1.807, 2.05) is 24.3 Å². The highest BCUT2D eigenvalue weighted by Crippen LogP contribution is 2.43. The predicted octanol–water partition coefficient (Wildman–Crippen LogP) is 3.89. The number of H-pyrrole nitrogens is 1. The molecule has 2 aliphatic rings. The monoisotopic (exact) mass is 485 g/mol. The number of anilines is 1. The molecule has 2 N–H and O–H groups in total. The highest BCUT2D eigenvalue weighted by atomic mass is 19.1. The number of benzene rings is 3. The van der Waals surface area contributed by atoms with Crippen LogP contribution in [0.15, 0.2) is 72.8 Å². The number of carbonyl (C=O) groups is 2. The van der Waals surface area contributed by atoms with Crippen molar-refractivity contribution in [2.45, 2.75) is 25.0 Å². The molecule has 4 aromatic rings. The smallest absolute Gasteiger partial charge is 0.246 e. The first-order chi connectivity index (χ1) is 17.4. The van der Waals surface area contributed by atoms with Gasteiger partial charge in [-0.05, 0) is 35.4 Å². The van der Waals surface area contributed by atoms with E-state index < -0.39 is 17.9 Å². The van der Waals surface area contributed by atoms with Gasteiger partial charge in [0.25, 0.3) is 0 Å². The van der Waals surface area contributed by atoms with Crippen molar-refractivity contribution >= 4 is 28.4 Å². The van der Waals surface area contributed by atoms with Crippen molar-refractivity contribution in [3.63, 3.8) is 0 Å². The number of aromatic nitrogens is 1. The lowest BCUT2D eigenvalue weighted by molar-refractivity contribution is -0.159.